The highest BCUT2D eigenvalue weighted by molar-refractivity contribution is 7.87. The van der Waals surface area contributed by atoms with Crippen molar-refractivity contribution in [3.63, 3.8) is 0 Å². The molecule has 0 fully saturated rings. The van der Waals surface area contributed by atoms with Crippen LogP contribution in [0, 0.1) is 0 Å². The molecule has 4 nitrogen and oxygen atoms in total. The van der Waals surface area contributed by atoms with Gasteiger partial charge in [0.05, 0.1) is 6.61 Å². The third kappa shape index (κ3) is 10.6. The van der Waals surface area contributed by atoms with Crippen LogP contribution in [-0.2, 0) is 14.3 Å². The number of hydrogen-bond acceptors (Lipinski definition) is 4. The Morgan fingerprint density at radius 3 is 1.75 bits per heavy atom. The lowest BCUT2D eigenvalue weighted by atomic mass is 10.1. The maximum absolute atomic E-state index is 11.5. The normalized spacial score (nSPS) is 13.6. The largest absolute Gasteiger partial charge is 0.313 e. The highest BCUT2D eigenvalue weighted by Gasteiger charge is 2.19. The number of hydrogen-bond donors (Lipinski definition) is 1. The second-order valence-corrected chi connectivity index (χ2v) is 7.27. The van der Waals surface area contributed by atoms with Gasteiger partial charge in [0.1, 0.15) is 5.37 Å². The summed E-state index contributed by atoms with van der Waals surface area (Å²) in [7, 11) is -3.54. The molecule has 0 aromatic heterocycles. The Morgan fingerprint density at radius 2 is 1.30 bits per heavy atom. The first-order valence-corrected chi connectivity index (χ1v) is 9.65. The molecule has 1 unspecified atom stereocenters. The Labute approximate surface area is 125 Å². The molecule has 5 heteroatoms. The van der Waals surface area contributed by atoms with E-state index in [4.69, 9.17) is 9.92 Å². The van der Waals surface area contributed by atoms with Crippen LogP contribution >= 0.6 is 0 Å². The molecule has 1 atom stereocenters. The van der Waals surface area contributed by atoms with E-state index in [1.807, 2.05) is 0 Å². The summed E-state index contributed by atoms with van der Waals surface area (Å²) in [5.74, 6) is 0. The molecule has 122 valence electrons. The molecule has 0 rings (SSSR count). The quantitative estimate of drug-likeness (QED) is 0.390. The lowest BCUT2D eigenvalue weighted by Gasteiger charge is -2.10. The molecular weight excluding hydrogens is 274 g/mol. The molecule has 0 amide bonds. The van der Waals surface area contributed by atoms with Crippen LogP contribution in [-0.4, -0.2) is 20.4 Å². The summed E-state index contributed by atoms with van der Waals surface area (Å²) >= 11 is 0. The average Bonchev–Trinajstić information content (AvgIpc) is 2.43. The van der Waals surface area contributed by atoms with Gasteiger partial charge in [-0.3, -0.25) is 4.18 Å². The van der Waals surface area contributed by atoms with Crippen LogP contribution < -0.4 is 5.73 Å². The van der Waals surface area contributed by atoms with Crippen molar-refractivity contribution in [1.82, 2.24) is 0 Å². The molecule has 0 heterocycles. The highest BCUT2D eigenvalue weighted by Crippen LogP contribution is 2.11. The molecule has 0 saturated carbocycles. The first kappa shape index (κ1) is 19.9. The molecule has 0 radical (unpaired) electrons. The summed E-state index contributed by atoms with van der Waals surface area (Å²) in [6.07, 6.45) is 12.6. The summed E-state index contributed by atoms with van der Waals surface area (Å²) in [6, 6.07) is 0. The zero-order chi connectivity index (χ0) is 15.3. The lowest BCUT2D eigenvalue weighted by Crippen LogP contribution is -2.31. The number of unbranched alkanes of at least 4 members (excludes halogenated alkanes) is 9. The third-order valence-corrected chi connectivity index (χ3v) is 5.09. The van der Waals surface area contributed by atoms with Crippen LogP contribution in [0.2, 0.25) is 0 Å². The van der Waals surface area contributed by atoms with E-state index in [0.717, 1.165) is 19.3 Å². The van der Waals surface area contributed by atoms with Gasteiger partial charge in [0, 0.05) is 0 Å². The van der Waals surface area contributed by atoms with Gasteiger partial charge in [0.25, 0.3) is 10.1 Å². The van der Waals surface area contributed by atoms with Crippen molar-refractivity contribution in [1.29, 1.82) is 0 Å². The Kier molecular flexibility index (Phi) is 12.5. The molecule has 0 aromatic carbocycles. The van der Waals surface area contributed by atoms with Gasteiger partial charge in [-0.05, 0) is 12.8 Å². The van der Waals surface area contributed by atoms with E-state index >= 15 is 0 Å². The van der Waals surface area contributed by atoms with E-state index in [1.165, 1.54) is 44.9 Å². The standard InChI is InChI=1S/C15H33NO3S/c1-3-5-6-7-8-9-10-11-12-13-14-19-20(17,18)15(16)4-2/h15H,3-14,16H2,1-2H3. The molecule has 0 bridgehead atoms. The zero-order valence-corrected chi connectivity index (χ0v) is 14.1. The predicted molar refractivity (Wildman–Crippen MR) is 85.0 cm³/mol. The van der Waals surface area contributed by atoms with E-state index < -0.39 is 15.5 Å². The Hall–Kier alpha value is -0.130. The van der Waals surface area contributed by atoms with E-state index in [9.17, 15) is 8.42 Å². The van der Waals surface area contributed by atoms with Gasteiger partial charge in [0.15, 0.2) is 0 Å². The minimum Gasteiger partial charge on any atom is -0.313 e. The van der Waals surface area contributed by atoms with Crippen LogP contribution in [0.25, 0.3) is 0 Å². The topological polar surface area (TPSA) is 69.4 Å². The van der Waals surface area contributed by atoms with Crippen molar-refractivity contribution in [3.05, 3.63) is 0 Å². The fourth-order valence-corrected chi connectivity index (χ4v) is 2.99. The maximum atomic E-state index is 11.5. The summed E-state index contributed by atoms with van der Waals surface area (Å²) in [5.41, 5.74) is 5.47. The summed E-state index contributed by atoms with van der Waals surface area (Å²) in [6.45, 7) is 4.24. The van der Waals surface area contributed by atoms with Crippen molar-refractivity contribution in [2.45, 2.75) is 89.9 Å². The van der Waals surface area contributed by atoms with E-state index in [-0.39, 0.29) is 6.61 Å². The molecule has 2 N–H and O–H groups in total. The smallest absolute Gasteiger partial charge is 0.283 e. The number of rotatable bonds is 14. The van der Waals surface area contributed by atoms with Gasteiger partial charge < -0.3 is 5.73 Å². The highest BCUT2D eigenvalue weighted by atomic mass is 32.2. The van der Waals surface area contributed by atoms with Gasteiger partial charge in [-0.1, -0.05) is 71.6 Å². The van der Waals surface area contributed by atoms with E-state index in [2.05, 4.69) is 6.92 Å². The van der Waals surface area contributed by atoms with Gasteiger partial charge >= 0.3 is 0 Å². The third-order valence-electron chi connectivity index (χ3n) is 3.52. The SMILES string of the molecule is CCCCCCCCCCCCOS(=O)(=O)C(N)CC. The second-order valence-electron chi connectivity index (χ2n) is 5.44. The van der Waals surface area contributed by atoms with Crippen LogP contribution in [0.3, 0.4) is 0 Å². The Balaban J connectivity index is 3.33. The molecule has 0 aliphatic carbocycles. The summed E-state index contributed by atoms with van der Waals surface area (Å²) in [5, 5.41) is -0.884. The molecule has 0 spiro atoms. The first-order valence-electron chi connectivity index (χ1n) is 8.18. The summed E-state index contributed by atoms with van der Waals surface area (Å²) in [4.78, 5) is 0. The molecule has 0 aliphatic rings. The Bertz CT molecular complexity index is 304. The lowest BCUT2D eigenvalue weighted by molar-refractivity contribution is 0.300. The molecule has 0 aromatic rings. The maximum Gasteiger partial charge on any atom is 0.283 e. The van der Waals surface area contributed by atoms with Crippen molar-refractivity contribution in [3.8, 4) is 0 Å². The number of nitrogens with two attached hydrogens (primary N) is 1. The van der Waals surface area contributed by atoms with Gasteiger partial charge in [-0.2, -0.15) is 8.42 Å². The van der Waals surface area contributed by atoms with Crippen LogP contribution in [0.15, 0.2) is 0 Å². The van der Waals surface area contributed by atoms with Crippen LogP contribution in [0.4, 0.5) is 0 Å². The molecule has 0 aliphatic heterocycles. The molecular formula is C15H33NO3S. The minimum atomic E-state index is -3.54. The van der Waals surface area contributed by atoms with Crippen LogP contribution in [0.1, 0.15) is 84.5 Å². The monoisotopic (exact) mass is 307 g/mol. The minimum absolute atomic E-state index is 0.270. The first-order chi connectivity index (χ1) is 9.54. The van der Waals surface area contributed by atoms with Crippen molar-refractivity contribution in [2.75, 3.05) is 6.61 Å². The zero-order valence-electron chi connectivity index (χ0n) is 13.3. The predicted octanol–water partition coefficient (Wildman–Crippen LogP) is 3.95. The van der Waals surface area contributed by atoms with Crippen molar-refractivity contribution in [2.24, 2.45) is 5.73 Å². The fourth-order valence-electron chi connectivity index (χ4n) is 2.06. The van der Waals surface area contributed by atoms with E-state index in [0.29, 0.717) is 6.42 Å². The molecule has 20 heavy (non-hydrogen) atoms. The summed E-state index contributed by atoms with van der Waals surface area (Å²) < 4.78 is 27.9. The van der Waals surface area contributed by atoms with Gasteiger partial charge in [-0.25, -0.2) is 0 Å². The molecule has 0 saturated heterocycles. The van der Waals surface area contributed by atoms with Crippen LogP contribution in [0.5, 0.6) is 0 Å². The second kappa shape index (κ2) is 12.6. The Morgan fingerprint density at radius 1 is 0.850 bits per heavy atom. The van der Waals surface area contributed by atoms with Crippen molar-refractivity contribution < 1.29 is 12.6 Å². The van der Waals surface area contributed by atoms with Crippen molar-refractivity contribution >= 4 is 10.1 Å². The van der Waals surface area contributed by atoms with E-state index in [1.54, 1.807) is 6.92 Å². The fraction of sp³-hybridized carbons (Fsp3) is 1.00. The van der Waals surface area contributed by atoms with Gasteiger partial charge in [0.2, 0.25) is 0 Å². The average molecular weight is 308 g/mol. The van der Waals surface area contributed by atoms with Gasteiger partial charge in [-0.15, -0.1) is 0 Å².